The molecular weight excluding hydrogens is 186 g/mol. The fourth-order valence-electron chi connectivity index (χ4n) is 2.27. The molecular formula is C13H19NO. The average molecular weight is 205 g/mol. The Hall–Kier alpha value is -1.02. The molecule has 15 heavy (non-hydrogen) atoms. The quantitative estimate of drug-likeness (QED) is 0.795. The highest BCUT2D eigenvalue weighted by atomic mass is 16.3. The first kappa shape index (κ1) is 10.5. The summed E-state index contributed by atoms with van der Waals surface area (Å²) in [5.74, 6) is 1.22. The van der Waals surface area contributed by atoms with E-state index in [2.05, 4.69) is 12.2 Å². The Balaban J connectivity index is 1.80. The van der Waals surface area contributed by atoms with Crippen molar-refractivity contribution >= 4 is 0 Å². The van der Waals surface area contributed by atoms with Gasteiger partial charge in [0.25, 0.3) is 0 Å². The van der Waals surface area contributed by atoms with Gasteiger partial charge < -0.3 is 10.4 Å². The Bertz CT molecular complexity index is 307. The summed E-state index contributed by atoms with van der Waals surface area (Å²) < 4.78 is 0. The minimum atomic E-state index is 0.341. The second kappa shape index (κ2) is 4.67. The molecule has 0 aliphatic heterocycles. The number of rotatable bonds is 3. The van der Waals surface area contributed by atoms with E-state index in [9.17, 15) is 0 Å². The lowest BCUT2D eigenvalue weighted by Gasteiger charge is -2.12. The van der Waals surface area contributed by atoms with Gasteiger partial charge in [-0.1, -0.05) is 19.1 Å². The van der Waals surface area contributed by atoms with Crippen LogP contribution < -0.4 is 5.32 Å². The van der Waals surface area contributed by atoms with Crippen LogP contribution in [0.3, 0.4) is 0 Å². The molecule has 2 atom stereocenters. The lowest BCUT2D eigenvalue weighted by Crippen LogP contribution is -2.25. The van der Waals surface area contributed by atoms with Crippen LogP contribution in [0.25, 0.3) is 0 Å². The van der Waals surface area contributed by atoms with Crippen molar-refractivity contribution in [2.45, 2.75) is 38.8 Å². The third-order valence-corrected chi connectivity index (χ3v) is 3.23. The highest BCUT2D eigenvalue weighted by Crippen LogP contribution is 2.24. The van der Waals surface area contributed by atoms with Crippen molar-refractivity contribution in [2.75, 3.05) is 0 Å². The van der Waals surface area contributed by atoms with E-state index in [-0.39, 0.29) is 0 Å². The molecule has 1 aliphatic rings. The van der Waals surface area contributed by atoms with E-state index < -0.39 is 0 Å². The maximum absolute atomic E-state index is 9.15. The molecule has 0 saturated heterocycles. The molecule has 0 heterocycles. The Morgan fingerprint density at radius 1 is 1.27 bits per heavy atom. The Labute approximate surface area is 91.3 Å². The minimum Gasteiger partial charge on any atom is -0.508 e. The number of nitrogens with one attached hydrogen (secondary N) is 1. The molecule has 1 saturated carbocycles. The molecule has 1 aromatic carbocycles. The van der Waals surface area contributed by atoms with Gasteiger partial charge in [0.05, 0.1) is 0 Å². The van der Waals surface area contributed by atoms with Gasteiger partial charge in [-0.3, -0.25) is 0 Å². The molecule has 0 amide bonds. The number of hydrogen-bond donors (Lipinski definition) is 2. The monoisotopic (exact) mass is 205 g/mol. The van der Waals surface area contributed by atoms with Gasteiger partial charge in [-0.25, -0.2) is 0 Å². The fraction of sp³-hybridized carbons (Fsp3) is 0.538. The van der Waals surface area contributed by atoms with Gasteiger partial charge >= 0.3 is 0 Å². The molecule has 0 aromatic heterocycles. The van der Waals surface area contributed by atoms with Crippen molar-refractivity contribution in [3.05, 3.63) is 29.8 Å². The van der Waals surface area contributed by atoms with Crippen LogP contribution in [-0.2, 0) is 6.54 Å². The standard InChI is InChI=1S/C13H19NO/c1-10-2-5-12(8-10)14-9-11-3-6-13(15)7-4-11/h3-4,6-7,10,12,14-15H,2,5,8-9H2,1H3. The van der Waals surface area contributed by atoms with E-state index in [4.69, 9.17) is 5.11 Å². The third kappa shape index (κ3) is 2.96. The van der Waals surface area contributed by atoms with Gasteiger partial charge in [-0.05, 0) is 42.9 Å². The van der Waals surface area contributed by atoms with E-state index >= 15 is 0 Å². The summed E-state index contributed by atoms with van der Waals surface area (Å²) >= 11 is 0. The van der Waals surface area contributed by atoms with Crippen molar-refractivity contribution in [2.24, 2.45) is 5.92 Å². The van der Waals surface area contributed by atoms with E-state index in [0.717, 1.165) is 12.5 Å². The first-order valence-corrected chi connectivity index (χ1v) is 5.75. The normalized spacial score (nSPS) is 25.7. The van der Waals surface area contributed by atoms with Crippen molar-refractivity contribution in [3.8, 4) is 5.75 Å². The molecule has 82 valence electrons. The summed E-state index contributed by atoms with van der Waals surface area (Å²) in [6.45, 7) is 3.24. The van der Waals surface area contributed by atoms with Crippen molar-refractivity contribution in [3.63, 3.8) is 0 Å². The van der Waals surface area contributed by atoms with Crippen LogP contribution in [-0.4, -0.2) is 11.1 Å². The number of phenolic OH excluding ortho intramolecular Hbond substituents is 1. The van der Waals surface area contributed by atoms with Crippen LogP contribution in [0.4, 0.5) is 0 Å². The van der Waals surface area contributed by atoms with Gasteiger partial charge in [0.1, 0.15) is 5.75 Å². The molecule has 1 aliphatic carbocycles. The minimum absolute atomic E-state index is 0.341. The highest BCUT2D eigenvalue weighted by molar-refractivity contribution is 5.25. The van der Waals surface area contributed by atoms with E-state index in [1.807, 2.05) is 12.1 Å². The van der Waals surface area contributed by atoms with Gasteiger partial charge in [0, 0.05) is 12.6 Å². The topological polar surface area (TPSA) is 32.3 Å². The molecule has 2 nitrogen and oxygen atoms in total. The van der Waals surface area contributed by atoms with Crippen LogP contribution in [0.2, 0.25) is 0 Å². The molecule has 2 heteroatoms. The largest absolute Gasteiger partial charge is 0.508 e. The van der Waals surface area contributed by atoms with Crippen LogP contribution >= 0.6 is 0 Å². The van der Waals surface area contributed by atoms with Crippen LogP contribution in [0.5, 0.6) is 5.75 Å². The number of benzene rings is 1. The molecule has 2 N–H and O–H groups in total. The second-order valence-corrected chi connectivity index (χ2v) is 4.66. The lowest BCUT2D eigenvalue weighted by molar-refractivity contribution is 0.474. The molecule has 0 spiro atoms. The smallest absolute Gasteiger partial charge is 0.115 e. The average Bonchev–Trinajstić information content (AvgIpc) is 2.64. The molecule has 0 bridgehead atoms. The summed E-state index contributed by atoms with van der Waals surface area (Å²) in [4.78, 5) is 0. The summed E-state index contributed by atoms with van der Waals surface area (Å²) in [6, 6.07) is 8.12. The van der Waals surface area contributed by atoms with Crippen LogP contribution in [0.1, 0.15) is 31.7 Å². The van der Waals surface area contributed by atoms with Crippen LogP contribution in [0, 0.1) is 5.92 Å². The van der Waals surface area contributed by atoms with Crippen molar-refractivity contribution < 1.29 is 5.11 Å². The van der Waals surface area contributed by atoms with Crippen molar-refractivity contribution in [1.82, 2.24) is 5.32 Å². The molecule has 1 fully saturated rings. The van der Waals surface area contributed by atoms with Crippen molar-refractivity contribution in [1.29, 1.82) is 0 Å². The van der Waals surface area contributed by atoms with E-state index in [1.165, 1.54) is 24.8 Å². The first-order chi connectivity index (χ1) is 7.24. The van der Waals surface area contributed by atoms with E-state index in [0.29, 0.717) is 11.8 Å². The molecule has 1 aromatic rings. The third-order valence-electron chi connectivity index (χ3n) is 3.23. The first-order valence-electron chi connectivity index (χ1n) is 5.75. The van der Waals surface area contributed by atoms with Gasteiger partial charge in [-0.2, -0.15) is 0 Å². The van der Waals surface area contributed by atoms with Crippen LogP contribution in [0.15, 0.2) is 24.3 Å². The zero-order valence-electron chi connectivity index (χ0n) is 9.24. The number of hydrogen-bond acceptors (Lipinski definition) is 2. The summed E-state index contributed by atoms with van der Waals surface area (Å²) in [5, 5.41) is 12.7. The number of aromatic hydroxyl groups is 1. The summed E-state index contributed by atoms with van der Waals surface area (Å²) in [6.07, 6.45) is 3.96. The zero-order valence-corrected chi connectivity index (χ0v) is 9.24. The second-order valence-electron chi connectivity index (χ2n) is 4.66. The lowest BCUT2D eigenvalue weighted by atomic mass is 10.1. The van der Waals surface area contributed by atoms with Gasteiger partial charge in [0.2, 0.25) is 0 Å². The maximum Gasteiger partial charge on any atom is 0.115 e. The SMILES string of the molecule is CC1CCC(NCc2ccc(O)cc2)C1. The molecule has 0 radical (unpaired) electrons. The van der Waals surface area contributed by atoms with E-state index in [1.54, 1.807) is 12.1 Å². The predicted octanol–water partition coefficient (Wildman–Crippen LogP) is 2.67. The fourth-order valence-corrected chi connectivity index (χ4v) is 2.27. The summed E-state index contributed by atoms with van der Waals surface area (Å²) in [7, 11) is 0. The predicted molar refractivity (Wildman–Crippen MR) is 61.7 cm³/mol. The van der Waals surface area contributed by atoms with Gasteiger partial charge in [-0.15, -0.1) is 0 Å². The number of phenols is 1. The highest BCUT2D eigenvalue weighted by Gasteiger charge is 2.20. The molecule has 2 unspecified atom stereocenters. The van der Waals surface area contributed by atoms with Gasteiger partial charge in [0.15, 0.2) is 0 Å². The Morgan fingerprint density at radius 2 is 2.00 bits per heavy atom. The summed E-state index contributed by atoms with van der Waals surface area (Å²) in [5.41, 5.74) is 1.24. The Morgan fingerprint density at radius 3 is 2.60 bits per heavy atom. The zero-order chi connectivity index (χ0) is 10.7. The molecule has 2 rings (SSSR count). The maximum atomic E-state index is 9.15. The Kier molecular flexibility index (Phi) is 3.27.